The Morgan fingerprint density at radius 2 is 1.63 bits per heavy atom. The number of methoxy groups -OCH3 is 1. The Balaban J connectivity index is 2.01. The van der Waals surface area contributed by atoms with Crippen molar-refractivity contribution < 1.29 is 4.74 Å². The number of aryl methyl sites for hydroxylation is 1. The Hall–Kier alpha value is -1.80. The first-order valence-electron chi connectivity index (χ1n) is 6.72. The molecule has 2 heteroatoms. The molecule has 0 heterocycles. The van der Waals surface area contributed by atoms with Gasteiger partial charge in [0.05, 0.1) is 6.61 Å². The maximum Gasteiger partial charge on any atom is 0.0716 e. The van der Waals surface area contributed by atoms with Crippen molar-refractivity contribution in [3.63, 3.8) is 0 Å². The van der Waals surface area contributed by atoms with Crippen LogP contribution in [0, 0.1) is 0 Å². The average Bonchev–Trinajstić information content (AvgIpc) is 2.47. The molecule has 0 amide bonds. The fraction of sp³-hybridized carbons (Fsp3) is 0.294. The molecule has 0 fully saturated rings. The Kier molecular flexibility index (Phi) is 4.99. The molecule has 2 aromatic rings. The van der Waals surface area contributed by atoms with E-state index in [9.17, 15) is 0 Å². The van der Waals surface area contributed by atoms with E-state index in [4.69, 9.17) is 4.74 Å². The van der Waals surface area contributed by atoms with Gasteiger partial charge in [0, 0.05) is 19.3 Å². The van der Waals surface area contributed by atoms with Gasteiger partial charge in [-0.2, -0.15) is 0 Å². The zero-order valence-electron chi connectivity index (χ0n) is 11.6. The summed E-state index contributed by atoms with van der Waals surface area (Å²) in [6.07, 6.45) is 1.08. The lowest BCUT2D eigenvalue weighted by Crippen LogP contribution is -2.03. The van der Waals surface area contributed by atoms with Crippen molar-refractivity contribution >= 4 is 5.69 Å². The van der Waals surface area contributed by atoms with Gasteiger partial charge in [-0.15, -0.1) is 0 Å². The molecule has 1 N–H and O–H groups in total. The highest BCUT2D eigenvalue weighted by Crippen LogP contribution is 2.14. The minimum Gasteiger partial charge on any atom is -0.381 e. The van der Waals surface area contributed by atoms with E-state index in [1.165, 1.54) is 16.7 Å². The average molecular weight is 255 g/mol. The lowest BCUT2D eigenvalue weighted by molar-refractivity contribution is 0.184. The number of hydrogen-bond donors (Lipinski definition) is 1. The zero-order chi connectivity index (χ0) is 13.5. The van der Waals surface area contributed by atoms with Gasteiger partial charge in [0.25, 0.3) is 0 Å². The van der Waals surface area contributed by atoms with Gasteiger partial charge >= 0.3 is 0 Å². The van der Waals surface area contributed by atoms with E-state index in [0.717, 1.165) is 18.7 Å². The minimum atomic E-state index is 0.659. The number of anilines is 1. The quantitative estimate of drug-likeness (QED) is 0.842. The van der Waals surface area contributed by atoms with Gasteiger partial charge in [0.1, 0.15) is 0 Å². The molecule has 0 aliphatic rings. The number of rotatable bonds is 6. The summed E-state index contributed by atoms with van der Waals surface area (Å²) in [4.78, 5) is 0. The van der Waals surface area contributed by atoms with Crippen molar-refractivity contribution in [3.8, 4) is 0 Å². The van der Waals surface area contributed by atoms with E-state index in [2.05, 4.69) is 54.7 Å². The van der Waals surface area contributed by atoms with E-state index in [1.54, 1.807) is 7.11 Å². The highest BCUT2D eigenvalue weighted by molar-refractivity contribution is 5.45. The van der Waals surface area contributed by atoms with Crippen LogP contribution in [-0.4, -0.2) is 7.11 Å². The highest BCUT2D eigenvalue weighted by Gasteiger charge is 2.01. The van der Waals surface area contributed by atoms with Crippen LogP contribution >= 0.6 is 0 Å². The molecule has 19 heavy (non-hydrogen) atoms. The number of ether oxygens (including phenoxy) is 1. The van der Waals surface area contributed by atoms with Crippen LogP contribution in [0.15, 0.2) is 48.5 Å². The molecular weight excluding hydrogens is 234 g/mol. The highest BCUT2D eigenvalue weighted by atomic mass is 16.5. The number of nitrogens with one attached hydrogen (secondary N) is 1. The normalized spacial score (nSPS) is 10.4. The van der Waals surface area contributed by atoms with Crippen LogP contribution in [0.3, 0.4) is 0 Å². The Labute approximate surface area is 115 Å². The molecular formula is C17H21NO. The topological polar surface area (TPSA) is 21.3 Å². The molecule has 0 aliphatic carbocycles. The first-order chi connectivity index (χ1) is 9.33. The van der Waals surface area contributed by atoms with E-state index in [-0.39, 0.29) is 0 Å². The van der Waals surface area contributed by atoms with E-state index < -0.39 is 0 Å². The van der Waals surface area contributed by atoms with E-state index in [1.807, 2.05) is 6.07 Å². The molecule has 0 aromatic heterocycles. The summed E-state index contributed by atoms with van der Waals surface area (Å²) in [7, 11) is 1.73. The van der Waals surface area contributed by atoms with Crippen molar-refractivity contribution in [1.82, 2.24) is 0 Å². The SMILES string of the molecule is CCc1ccc(NCc2ccccc2COC)cc1. The largest absolute Gasteiger partial charge is 0.381 e. The van der Waals surface area contributed by atoms with Crippen LogP contribution in [0.25, 0.3) is 0 Å². The predicted molar refractivity (Wildman–Crippen MR) is 80.3 cm³/mol. The first-order valence-corrected chi connectivity index (χ1v) is 6.72. The van der Waals surface area contributed by atoms with Gasteiger partial charge in [-0.25, -0.2) is 0 Å². The summed E-state index contributed by atoms with van der Waals surface area (Å²) in [6, 6.07) is 17.0. The zero-order valence-corrected chi connectivity index (χ0v) is 11.6. The smallest absolute Gasteiger partial charge is 0.0716 e. The van der Waals surface area contributed by atoms with Gasteiger partial charge < -0.3 is 10.1 Å². The lowest BCUT2D eigenvalue weighted by atomic mass is 10.1. The van der Waals surface area contributed by atoms with E-state index >= 15 is 0 Å². The van der Waals surface area contributed by atoms with Crippen molar-refractivity contribution in [2.24, 2.45) is 0 Å². The molecule has 2 aromatic carbocycles. The van der Waals surface area contributed by atoms with Gasteiger partial charge in [-0.3, -0.25) is 0 Å². The van der Waals surface area contributed by atoms with Crippen LogP contribution in [0.4, 0.5) is 5.69 Å². The third-order valence-electron chi connectivity index (χ3n) is 3.26. The second kappa shape index (κ2) is 6.95. The Bertz CT molecular complexity index is 505. The van der Waals surface area contributed by atoms with Crippen molar-refractivity contribution in [2.75, 3.05) is 12.4 Å². The monoisotopic (exact) mass is 255 g/mol. The minimum absolute atomic E-state index is 0.659. The molecule has 0 spiro atoms. The van der Waals surface area contributed by atoms with Gasteiger partial charge in [0.2, 0.25) is 0 Å². The molecule has 0 radical (unpaired) electrons. The summed E-state index contributed by atoms with van der Waals surface area (Å²) in [5.41, 5.74) is 5.04. The van der Waals surface area contributed by atoms with Gasteiger partial charge in [0.15, 0.2) is 0 Å². The Morgan fingerprint density at radius 3 is 2.26 bits per heavy atom. The van der Waals surface area contributed by atoms with Crippen LogP contribution in [0.2, 0.25) is 0 Å². The molecule has 0 bridgehead atoms. The van der Waals surface area contributed by atoms with Gasteiger partial charge in [-0.1, -0.05) is 43.3 Å². The fourth-order valence-electron chi connectivity index (χ4n) is 2.08. The second-order valence-electron chi connectivity index (χ2n) is 4.61. The van der Waals surface area contributed by atoms with Gasteiger partial charge in [-0.05, 0) is 35.2 Å². The van der Waals surface area contributed by atoms with Crippen molar-refractivity contribution in [2.45, 2.75) is 26.5 Å². The maximum absolute atomic E-state index is 5.22. The first kappa shape index (κ1) is 13.6. The fourth-order valence-corrected chi connectivity index (χ4v) is 2.08. The molecule has 0 atom stereocenters. The number of benzene rings is 2. The maximum atomic E-state index is 5.22. The molecule has 0 saturated heterocycles. The molecule has 100 valence electrons. The van der Waals surface area contributed by atoms with Crippen LogP contribution in [0.5, 0.6) is 0 Å². The van der Waals surface area contributed by atoms with Crippen LogP contribution in [0.1, 0.15) is 23.6 Å². The van der Waals surface area contributed by atoms with Crippen LogP contribution < -0.4 is 5.32 Å². The van der Waals surface area contributed by atoms with Crippen LogP contribution in [-0.2, 0) is 24.3 Å². The second-order valence-corrected chi connectivity index (χ2v) is 4.61. The summed E-state index contributed by atoms with van der Waals surface area (Å²) in [5.74, 6) is 0. The molecule has 2 rings (SSSR count). The predicted octanol–water partition coefficient (Wildman–Crippen LogP) is 4.01. The lowest BCUT2D eigenvalue weighted by Gasteiger charge is -2.11. The Morgan fingerprint density at radius 1 is 0.947 bits per heavy atom. The summed E-state index contributed by atoms with van der Waals surface area (Å²) < 4.78 is 5.22. The third kappa shape index (κ3) is 3.83. The third-order valence-corrected chi connectivity index (χ3v) is 3.26. The summed E-state index contributed by atoms with van der Waals surface area (Å²) in [5, 5.41) is 3.46. The summed E-state index contributed by atoms with van der Waals surface area (Å²) >= 11 is 0. The molecule has 0 aliphatic heterocycles. The molecule has 0 saturated carbocycles. The molecule has 2 nitrogen and oxygen atoms in total. The van der Waals surface area contributed by atoms with Crippen molar-refractivity contribution in [3.05, 3.63) is 65.2 Å². The van der Waals surface area contributed by atoms with E-state index in [0.29, 0.717) is 6.61 Å². The molecule has 0 unspecified atom stereocenters. The standard InChI is InChI=1S/C17H21NO/c1-3-14-8-10-17(11-9-14)18-12-15-6-4-5-7-16(15)13-19-2/h4-11,18H,3,12-13H2,1-2H3. The van der Waals surface area contributed by atoms with Crippen molar-refractivity contribution in [1.29, 1.82) is 0 Å². The number of hydrogen-bond acceptors (Lipinski definition) is 2. The summed E-state index contributed by atoms with van der Waals surface area (Å²) in [6.45, 7) is 3.65.